The van der Waals surface area contributed by atoms with Crippen LogP contribution >= 0.6 is 11.3 Å². The summed E-state index contributed by atoms with van der Waals surface area (Å²) in [6.07, 6.45) is 2.54. The van der Waals surface area contributed by atoms with Gasteiger partial charge in [-0.1, -0.05) is 6.92 Å². The van der Waals surface area contributed by atoms with Gasteiger partial charge in [0.05, 0.1) is 6.54 Å². The number of nitrogens with two attached hydrogens (primary N) is 1. The van der Waals surface area contributed by atoms with Crippen LogP contribution in [0.15, 0.2) is 6.20 Å². The Morgan fingerprint density at radius 2 is 2.47 bits per heavy atom. The zero-order valence-electron chi connectivity index (χ0n) is 9.12. The number of rotatable bonds is 5. The molecule has 1 aromatic heterocycles. The Hall–Kier alpha value is -0.940. The Bertz CT molecular complexity index is 324. The quantitative estimate of drug-likeness (QED) is 0.790. The third-order valence-electron chi connectivity index (χ3n) is 2.13. The minimum atomic E-state index is -0.0175. The summed E-state index contributed by atoms with van der Waals surface area (Å²) in [7, 11) is 0. The summed E-state index contributed by atoms with van der Waals surface area (Å²) in [6, 6.07) is 0. The van der Waals surface area contributed by atoms with Gasteiger partial charge in [0, 0.05) is 17.0 Å². The van der Waals surface area contributed by atoms with Crippen molar-refractivity contribution in [3.63, 3.8) is 0 Å². The summed E-state index contributed by atoms with van der Waals surface area (Å²) < 4.78 is 0. The van der Waals surface area contributed by atoms with Gasteiger partial charge in [0.25, 0.3) is 0 Å². The van der Waals surface area contributed by atoms with Crippen LogP contribution in [0.3, 0.4) is 0 Å². The van der Waals surface area contributed by atoms with Gasteiger partial charge in [-0.3, -0.25) is 4.79 Å². The van der Waals surface area contributed by atoms with E-state index >= 15 is 0 Å². The number of nitrogens with one attached hydrogen (secondary N) is 1. The summed E-state index contributed by atoms with van der Waals surface area (Å²) in [5.41, 5.74) is 5.39. The fourth-order valence-corrected chi connectivity index (χ4v) is 1.93. The highest BCUT2D eigenvalue weighted by Gasteiger charge is 2.11. The lowest BCUT2D eigenvalue weighted by Crippen LogP contribution is -2.29. The Morgan fingerprint density at radius 3 is 3.00 bits per heavy atom. The Morgan fingerprint density at radius 1 is 1.73 bits per heavy atom. The van der Waals surface area contributed by atoms with E-state index in [0.29, 0.717) is 13.1 Å². The zero-order valence-corrected chi connectivity index (χ0v) is 9.93. The first-order valence-electron chi connectivity index (χ1n) is 5.02. The second-order valence-corrected chi connectivity index (χ2v) is 4.88. The number of thiazole rings is 1. The van der Waals surface area contributed by atoms with Crippen molar-refractivity contribution in [1.29, 1.82) is 0 Å². The smallest absolute Gasteiger partial charge is 0.223 e. The topological polar surface area (TPSA) is 68.0 Å². The average Bonchev–Trinajstić information content (AvgIpc) is 2.61. The molecule has 0 aliphatic carbocycles. The first-order chi connectivity index (χ1) is 7.13. The average molecular weight is 227 g/mol. The van der Waals surface area contributed by atoms with E-state index in [0.717, 1.165) is 16.3 Å². The summed E-state index contributed by atoms with van der Waals surface area (Å²) in [4.78, 5) is 16.9. The minimum Gasteiger partial charge on any atom is -0.349 e. The van der Waals surface area contributed by atoms with E-state index in [1.54, 1.807) is 11.3 Å². The third-order valence-corrected chi connectivity index (χ3v) is 3.04. The lowest BCUT2D eigenvalue weighted by Gasteiger charge is -2.09. The van der Waals surface area contributed by atoms with Gasteiger partial charge in [0.2, 0.25) is 5.91 Å². The molecule has 1 heterocycles. The molecule has 0 radical (unpaired) electrons. The fraction of sp³-hybridized carbons (Fsp3) is 0.600. The van der Waals surface area contributed by atoms with Gasteiger partial charge in [-0.2, -0.15) is 0 Å². The molecule has 1 atom stereocenters. The molecule has 84 valence electrons. The molecule has 1 rings (SSSR count). The summed E-state index contributed by atoms with van der Waals surface area (Å²) >= 11 is 1.60. The van der Waals surface area contributed by atoms with Gasteiger partial charge in [0.15, 0.2) is 0 Å². The fourth-order valence-electron chi connectivity index (χ4n) is 1.20. The van der Waals surface area contributed by atoms with Gasteiger partial charge < -0.3 is 11.1 Å². The van der Waals surface area contributed by atoms with Crippen molar-refractivity contribution >= 4 is 17.2 Å². The van der Waals surface area contributed by atoms with Crippen molar-refractivity contribution in [2.45, 2.75) is 26.8 Å². The first kappa shape index (κ1) is 12.1. The number of carbonyl (C=O) groups excluding carboxylic acids is 1. The Balaban J connectivity index is 2.34. The molecule has 0 saturated carbocycles. The number of carbonyl (C=O) groups is 1. The first-order valence-corrected chi connectivity index (χ1v) is 5.84. The summed E-state index contributed by atoms with van der Waals surface area (Å²) in [6.45, 7) is 4.95. The van der Waals surface area contributed by atoms with Crippen LogP contribution < -0.4 is 11.1 Å². The maximum Gasteiger partial charge on any atom is 0.223 e. The van der Waals surface area contributed by atoms with Crippen molar-refractivity contribution in [2.24, 2.45) is 11.7 Å². The van der Waals surface area contributed by atoms with Gasteiger partial charge >= 0.3 is 0 Å². The molecule has 0 aliphatic rings. The SMILES string of the molecule is Cc1cnc(CNC(=O)C(C)CCN)s1. The van der Waals surface area contributed by atoms with Gasteiger partial charge in [-0.15, -0.1) is 11.3 Å². The molecule has 1 aromatic rings. The second kappa shape index (κ2) is 5.82. The molecule has 0 spiro atoms. The third kappa shape index (κ3) is 3.97. The molecular formula is C10H17N3OS. The predicted octanol–water partition coefficient (Wildman–Crippen LogP) is 1.05. The van der Waals surface area contributed by atoms with Crippen LogP contribution in [0.1, 0.15) is 23.2 Å². The number of aryl methyl sites for hydroxylation is 1. The summed E-state index contributed by atoms with van der Waals surface area (Å²) in [5, 5.41) is 3.80. The summed E-state index contributed by atoms with van der Waals surface area (Å²) in [5.74, 6) is 0.0318. The van der Waals surface area contributed by atoms with E-state index in [9.17, 15) is 4.79 Å². The molecule has 0 saturated heterocycles. The van der Waals surface area contributed by atoms with E-state index in [-0.39, 0.29) is 11.8 Å². The number of hydrogen-bond donors (Lipinski definition) is 2. The van der Waals surface area contributed by atoms with Crippen LogP contribution in [0.5, 0.6) is 0 Å². The number of nitrogens with zero attached hydrogens (tertiary/aromatic N) is 1. The molecule has 4 nitrogen and oxygen atoms in total. The van der Waals surface area contributed by atoms with Crippen LogP contribution in [0.25, 0.3) is 0 Å². The lowest BCUT2D eigenvalue weighted by atomic mass is 10.1. The number of amides is 1. The Labute approximate surface area is 93.9 Å². The van der Waals surface area contributed by atoms with Crippen molar-refractivity contribution in [3.05, 3.63) is 16.1 Å². The molecule has 3 N–H and O–H groups in total. The lowest BCUT2D eigenvalue weighted by molar-refractivity contribution is -0.124. The van der Waals surface area contributed by atoms with Crippen molar-refractivity contribution in [3.8, 4) is 0 Å². The number of hydrogen-bond acceptors (Lipinski definition) is 4. The van der Waals surface area contributed by atoms with Crippen molar-refractivity contribution in [2.75, 3.05) is 6.54 Å². The molecule has 1 amide bonds. The van der Waals surface area contributed by atoms with E-state index < -0.39 is 0 Å². The van der Waals surface area contributed by atoms with E-state index in [4.69, 9.17) is 5.73 Å². The molecular weight excluding hydrogens is 210 g/mol. The van der Waals surface area contributed by atoms with Crippen molar-refractivity contribution < 1.29 is 4.79 Å². The van der Waals surface area contributed by atoms with Gasteiger partial charge in [-0.25, -0.2) is 4.98 Å². The van der Waals surface area contributed by atoms with E-state index in [1.165, 1.54) is 0 Å². The van der Waals surface area contributed by atoms with Crippen molar-refractivity contribution in [1.82, 2.24) is 10.3 Å². The molecule has 0 aliphatic heterocycles. The zero-order chi connectivity index (χ0) is 11.3. The molecule has 5 heteroatoms. The maximum atomic E-state index is 11.5. The van der Waals surface area contributed by atoms with E-state index in [2.05, 4.69) is 10.3 Å². The minimum absolute atomic E-state index is 0.0175. The number of aromatic nitrogens is 1. The monoisotopic (exact) mass is 227 g/mol. The van der Waals surface area contributed by atoms with Crippen LogP contribution in [0, 0.1) is 12.8 Å². The molecule has 1 unspecified atom stereocenters. The highest BCUT2D eigenvalue weighted by atomic mass is 32.1. The molecule has 15 heavy (non-hydrogen) atoms. The van der Waals surface area contributed by atoms with E-state index in [1.807, 2.05) is 20.0 Å². The molecule has 0 bridgehead atoms. The largest absolute Gasteiger partial charge is 0.349 e. The maximum absolute atomic E-state index is 11.5. The predicted molar refractivity (Wildman–Crippen MR) is 61.5 cm³/mol. The normalized spacial score (nSPS) is 12.5. The Kier molecular flexibility index (Phi) is 4.71. The van der Waals surface area contributed by atoms with Crippen LogP contribution in [0.2, 0.25) is 0 Å². The van der Waals surface area contributed by atoms with Gasteiger partial charge in [-0.05, 0) is 19.9 Å². The molecule has 0 aromatic carbocycles. The van der Waals surface area contributed by atoms with Gasteiger partial charge in [0.1, 0.15) is 5.01 Å². The second-order valence-electron chi connectivity index (χ2n) is 3.56. The standard InChI is InChI=1S/C10H17N3OS/c1-7(3-4-11)10(14)13-6-9-12-5-8(2)15-9/h5,7H,3-4,6,11H2,1-2H3,(H,13,14). The van der Waals surface area contributed by atoms with Crippen LogP contribution in [-0.2, 0) is 11.3 Å². The highest BCUT2D eigenvalue weighted by Crippen LogP contribution is 2.10. The van der Waals surface area contributed by atoms with Crippen LogP contribution in [-0.4, -0.2) is 17.4 Å². The molecule has 0 fully saturated rings. The highest BCUT2D eigenvalue weighted by molar-refractivity contribution is 7.11. The van der Waals surface area contributed by atoms with Crippen LogP contribution in [0.4, 0.5) is 0 Å².